The summed E-state index contributed by atoms with van der Waals surface area (Å²) >= 11 is 0. The summed E-state index contributed by atoms with van der Waals surface area (Å²) < 4.78 is 19.8. The third-order valence-electron chi connectivity index (χ3n) is 5.73. The van der Waals surface area contributed by atoms with Crippen molar-refractivity contribution in [2.75, 3.05) is 0 Å². The second kappa shape index (κ2) is 11.1. The topological polar surface area (TPSA) is 118 Å². The van der Waals surface area contributed by atoms with E-state index in [0.29, 0.717) is 22.1 Å². The molecule has 2 aromatic heterocycles. The first-order valence-electron chi connectivity index (χ1n) is 13.8. The summed E-state index contributed by atoms with van der Waals surface area (Å²) in [6, 6.07) is 14.3. The average Bonchev–Trinajstić information content (AvgIpc) is 3.38. The molecule has 0 fully saturated rings. The standard InChI is InChI=1S/C31H39N5O6/c1-29(2,3)40-26(37)34(18-24-32-20-14-10-12-16-22(20)35(24)27(38)41-30(4,5)6)19-25-33-21-15-11-13-17-23(21)36(25)28(39)42-31(7,8)9/h10-17H,18-19H2,1-9H3. The lowest BCUT2D eigenvalue weighted by molar-refractivity contribution is 0.0191. The minimum atomic E-state index is -0.814. The van der Waals surface area contributed by atoms with Gasteiger partial charge in [0.25, 0.3) is 0 Å². The Labute approximate surface area is 245 Å². The van der Waals surface area contributed by atoms with Crippen molar-refractivity contribution in [2.45, 2.75) is 92.2 Å². The molecule has 2 aromatic carbocycles. The number of rotatable bonds is 4. The van der Waals surface area contributed by atoms with Crippen LogP contribution in [0.25, 0.3) is 22.1 Å². The second-order valence-corrected chi connectivity index (χ2v) is 13.0. The second-order valence-electron chi connectivity index (χ2n) is 13.0. The van der Waals surface area contributed by atoms with Gasteiger partial charge in [-0.15, -0.1) is 0 Å². The fourth-order valence-electron chi connectivity index (χ4n) is 4.24. The summed E-state index contributed by atoms with van der Waals surface area (Å²) in [5.74, 6) is 0.521. The molecule has 0 N–H and O–H groups in total. The zero-order valence-corrected chi connectivity index (χ0v) is 25.7. The van der Waals surface area contributed by atoms with Crippen molar-refractivity contribution in [1.29, 1.82) is 0 Å². The molecule has 42 heavy (non-hydrogen) atoms. The number of para-hydroxylation sites is 4. The molecule has 0 spiro atoms. The van der Waals surface area contributed by atoms with Crippen LogP contribution in [0.15, 0.2) is 48.5 Å². The Morgan fingerprint density at radius 1 is 0.619 bits per heavy atom. The minimum Gasteiger partial charge on any atom is -0.444 e. The molecule has 11 heteroatoms. The molecule has 0 atom stereocenters. The fraction of sp³-hybridized carbons (Fsp3) is 0.452. The van der Waals surface area contributed by atoms with E-state index in [2.05, 4.69) is 9.97 Å². The molecule has 1 amide bonds. The zero-order chi connectivity index (χ0) is 31.0. The number of benzene rings is 2. The maximum absolute atomic E-state index is 13.6. The van der Waals surface area contributed by atoms with Crippen LogP contribution in [0.2, 0.25) is 0 Å². The van der Waals surface area contributed by atoms with Crippen molar-refractivity contribution in [3.05, 3.63) is 60.2 Å². The van der Waals surface area contributed by atoms with E-state index in [1.54, 1.807) is 98.7 Å². The highest BCUT2D eigenvalue weighted by molar-refractivity contribution is 5.89. The van der Waals surface area contributed by atoms with Gasteiger partial charge in [-0.05, 0) is 86.6 Å². The number of carbonyl (C=O) groups excluding carboxylic acids is 3. The van der Waals surface area contributed by atoms with Crippen molar-refractivity contribution < 1.29 is 28.6 Å². The molecular weight excluding hydrogens is 538 g/mol. The van der Waals surface area contributed by atoms with Crippen molar-refractivity contribution >= 4 is 40.3 Å². The van der Waals surface area contributed by atoms with Gasteiger partial charge in [-0.2, -0.15) is 0 Å². The Kier molecular flexibility index (Phi) is 8.08. The molecule has 11 nitrogen and oxygen atoms in total. The SMILES string of the molecule is CC(C)(C)OC(=O)N(Cc1nc2ccccc2n1C(=O)OC(C)(C)C)Cc1nc2ccccc2n1C(=O)OC(C)(C)C. The summed E-state index contributed by atoms with van der Waals surface area (Å²) in [6.45, 7) is 15.7. The van der Waals surface area contributed by atoms with E-state index >= 15 is 0 Å². The van der Waals surface area contributed by atoms with Crippen LogP contribution in [0.5, 0.6) is 0 Å². The Hall–Kier alpha value is -4.41. The van der Waals surface area contributed by atoms with E-state index in [-0.39, 0.29) is 24.7 Å². The van der Waals surface area contributed by atoms with Crippen LogP contribution in [0.4, 0.5) is 14.4 Å². The highest BCUT2D eigenvalue weighted by Gasteiger charge is 2.31. The number of ether oxygens (including phenoxy) is 3. The van der Waals surface area contributed by atoms with Gasteiger partial charge >= 0.3 is 18.3 Å². The van der Waals surface area contributed by atoms with E-state index in [9.17, 15) is 14.4 Å². The molecule has 0 bridgehead atoms. The molecule has 0 radical (unpaired) electrons. The molecule has 0 saturated carbocycles. The molecule has 0 saturated heterocycles. The van der Waals surface area contributed by atoms with Gasteiger partial charge < -0.3 is 14.2 Å². The summed E-state index contributed by atoms with van der Waals surface area (Å²) in [5, 5.41) is 0. The van der Waals surface area contributed by atoms with E-state index in [0.717, 1.165) is 0 Å². The normalized spacial score (nSPS) is 12.4. The van der Waals surface area contributed by atoms with Crippen LogP contribution in [-0.4, -0.2) is 59.1 Å². The molecule has 0 unspecified atom stereocenters. The third-order valence-corrected chi connectivity index (χ3v) is 5.73. The first-order valence-corrected chi connectivity index (χ1v) is 13.8. The quantitative estimate of drug-likeness (QED) is 0.241. The molecular formula is C31H39N5O6. The lowest BCUT2D eigenvalue weighted by atomic mass is 10.2. The largest absolute Gasteiger partial charge is 0.444 e. The van der Waals surface area contributed by atoms with Gasteiger partial charge in [0.2, 0.25) is 0 Å². The highest BCUT2D eigenvalue weighted by Crippen LogP contribution is 2.24. The maximum atomic E-state index is 13.6. The monoisotopic (exact) mass is 577 g/mol. The smallest absolute Gasteiger partial charge is 0.420 e. The summed E-state index contributed by atoms with van der Waals surface area (Å²) in [5.41, 5.74) is -0.150. The number of hydrogen-bond acceptors (Lipinski definition) is 8. The van der Waals surface area contributed by atoms with Crippen LogP contribution >= 0.6 is 0 Å². The Bertz CT molecular complexity index is 1520. The zero-order valence-electron chi connectivity index (χ0n) is 25.7. The number of nitrogens with zero attached hydrogens (tertiary/aromatic N) is 5. The number of carbonyl (C=O) groups is 3. The number of fused-ring (bicyclic) bond motifs is 2. The molecule has 4 rings (SSSR count). The van der Waals surface area contributed by atoms with Gasteiger partial charge in [0.05, 0.1) is 35.2 Å². The van der Waals surface area contributed by atoms with E-state index in [1.807, 2.05) is 12.1 Å². The Balaban J connectivity index is 1.81. The number of aromatic nitrogens is 4. The average molecular weight is 578 g/mol. The first-order chi connectivity index (χ1) is 19.4. The minimum absolute atomic E-state index is 0.139. The van der Waals surface area contributed by atoms with Crippen LogP contribution in [0, 0.1) is 0 Å². The van der Waals surface area contributed by atoms with Gasteiger partial charge in [0.15, 0.2) is 0 Å². The van der Waals surface area contributed by atoms with Gasteiger partial charge in [0, 0.05) is 0 Å². The van der Waals surface area contributed by atoms with Gasteiger partial charge in [-0.3, -0.25) is 4.90 Å². The number of hydrogen-bond donors (Lipinski definition) is 0. The molecule has 0 aliphatic heterocycles. The maximum Gasteiger partial charge on any atom is 0.420 e. The Morgan fingerprint density at radius 2 is 0.976 bits per heavy atom. The van der Waals surface area contributed by atoms with Crippen molar-refractivity contribution in [3.8, 4) is 0 Å². The lowest BCUT2D eigenvalue weighted by Crippen LogP contribution is -2.38. The van der Waals surface area contributed by atoms with E-state index < -0.39 is 35.1 Å². The van der Waals surface area contributed by atoms with Crippen molar-refractivity contribution in [2.24, 2.45) is 0 Å². The van der Waals surface area contributed by atoms with Gasteiger partial charge in [-0.1, -0.05) is 24.3 Å². The Morgan fingerprint density at radius 3 is 1.33 bits per heavy atom. The van der Waals surface area contributed by atoms with Crippen molar-refractivity contribution in [3.63, 3.8) is 0 Å². The number of amides is 1. The van der Waals surface area contributed by atoms with Gasteiger partial charge in [0.1, 0.15) is 28.5 Å². The van der Waals surface area contributed by atoms with Crippen LogP contribution in [0.1, 0.15) is 74.0 Å². The first kappa shape index (κ1) is 30.5. The molecule has 0 aliphatic rings. The third kappa shape index (κ3) is 7.26. The van der Waals surface area contributed by atoms with E-state index in [4.69, 9.17) is 14.2 Å². The summed E-state index contributed by atoms with van der Waals surface area (Å²) in [4.78, 5) is 51.1. The molecule has 0 aliphatic carbocycles. The summed E-state index contributed by atoms with van der Waals surface area (Å²) in [7, 11) is 0. The lowest BCUT2D eigenvalue weighted by Gasteiger charge is -2.28. The molecule has 2 heterocycles. The van der Waals surface area contributed by atoms with Crippen LogP contribution < -0.4 is 0 Å². The predicted molar refractivity (Wildman–Crippen MR) is 158 cm³/mol. The van der Waals surface area contributed by atoms with E-state index in [1.165, 1.54) is 14.0 Å². The van der Waals surface area contributed by atoms with Crippen LogP contribution in [-0.2, 0) is 27.3 Å². The molecule has 224 valence electrons. The van der Waals surface area contributed by atoms with Crippen LogP contribution in [0.3, 0.4) is 0 Å². The number of imidazole rings is 2. The predicted octanol–water partition coefficient (Wildman–Crippen LogP) is 6.89. The summed E-state index contributed by atoms with van der Waals surface area (Å²) in [6.07, 6.45) is -1.93. The highest BCUT2D eigenvalue weighted by atomic mass is 16.6. The molecule has 4 aromatic rings. The fourth-order valence-corrected chi connectivity index (χ4v) is 4.24. The van der Waals surface area contributed by atoms with Crippen molar-refractivity contribution in [1.82, 2.24) is 24.0 Å². The van der Waals surface area contributed by atoms with Gasteiger partial charge in [-0.25, -0.2) is 33.5 Å².